The van der Waals surface area contributed by atoms with Gasteiger partial charge in [0.1, 0.15) is 6.23 Å². The third-order valence-corrected chi connectivity index (χ3v) is 1.25. The van der Waals surface area contributed by atoms with Gasteiger partial charge in [0.2, 0.25) is 0 Å². The highest BCUT2D eigenvalue weighted by Gasteiger charge is 2.27. The molecule has 0 amide bonds. The maximum atomic E-state index is 8.90. The Morgan fingerprint density at radius 1 is 1.75 bits per heavy atom. The van der Waals surface area contributed by atoms with Gasteiger partial charge in [-0.15, -0.1) is 0 Å². The molecule has 0 aromatic carbocycles. The summed E-state index contributed by atoms with van der Waals surface area (Å²) in [6.45, 7) is 3.52. The number of rotatable bonds is 0. The molecule has 0 aromatic heterocycles. The summed E-state index contributed by atoms with van der Waals surface area (Å²) in [5.74, 6) is 0. The summed E-state index contributed by atoms with van der Waals surface area (Å²) < 4.78 is 4.89. The fourth-order valence-corrected chi connectivity index (χ4v) is 0.761. The van der Waals surface area contributed by atoms with Crippen LogP contribution in [-0.4, -0.2) is 23.5 Å². The monoisotopic (exact) mass is 116 g/mol. The molecule has 1 fully saturated rings. The second-order valence-corrected chi connectivity index (χ2v) is 2.02. The van der Waals surface area contributed by atoms with Gasteiger partial charge in [0.05, 0.1) is 12.2 Å². The number of ether oxygens (including phenoxy) is 1. The topological polar surface area (TPSA) is 55.5 Å². The molecule has 0 bridgehead atoms. The van der Waals surface area contributed by atoms with E-state index in [2.05, 4.69) is 6.92 Å². The van der Waals surface area contributed by atoms with E-state index >= 15 is 0 Å². The molecule has 1 aliphatic heterocycles. The SMILES string of the molecule is [CH2][C@H]1O[C@@H](N)C[C@@H]1O. The van der Waals surface area contributed by atoms with Crippen LogP contribution in [0.2, 0.25) is 0 Å². The van der Waals surface area contributed by atoms with E-state index in [9.17, 15) is 0 Å². The number of nitrogens with two attached hydrogens (primary N) is 1. The van der Waals surface area contributed by atoms with Crippen molar-refractivity contribution in [3.05, 3.63) is 6.92 Å². The highest BCUT2D eigenvalue weighted by atomic mass is 16.5. The zero-order valence-electron chi connectivity index (χ0n) is 4.58. The lowest BCUT2D eigenvalue weighted by Crippen LogP contribution is -2.18. The Bertz CT molecular complexity index is 76.5. The van der Waals surface area contributed by atoms with Gasteiger partial charge < -0.3 is 15.6 Å². The van der Waals surface area contributed by atoms with Crippen molar-refractivity contribution >= 4 is 0 Å². The Morgan fingerprint density at radius 2 is 2.38 bits per heavy atom. The number of hydrogen-bond donors (Lipinski definition) is 2. The van der Waals surface area contributed by atoms with Crippen LogP contribution < -0.4 is 5.73 Å². The average Bonchev–Trinajstić information content (AvgIpc) is 1.85. The van der Waals surface area contributed by atoms with Gasteiger partial charge in [-0.1, -0.05) is 0 Å². The van der Waals surface area contributed by atoms with Gasteiger partial charge in [-0.2, -0.15) is 0 Å². The van der Waals surface area contributed by atoms with E-state index in [0.717, 1.165) is 0 Å². The zero-order chi connectivity index (χ0) is 6.15. The van der Waals surface area contributed by atoms with Crippen molar-refractivity contribution in [3.8, 4) is 0 Å². The van der Waals surface area contributed by atoms with Gasteiger partial charge in [0.25, 0.3) is 0 Å². The van der Waals surface area contributed by atoms with Gasteiger partial charge in [-0.25, -0.2) is 0 Å². The average molecular weight is 116 g/mol. The molecule has 1 aliphatic rings. The smallest absolute Gasteiger partial charge is 0.108 e. The first-order chi connectivity index (χ1) is 3.70. The van der Waals surface area contributed by atoms with Gasteiger partial charge in [0, 0.05) is 6.42 Å². The van der Waals surface area contributed by atoms with Crippen molar-refractivity contribution in [2.45, 2.75) is 24.9 Å². The second kappa shape index (κ2) is 2.01. The van der Waals surface area contributed by atoms with Crippen LogP contribution >= 0.6 is 0 Å². The Balaban J connectivity index is 2.39. The van der Waals surface area contributed by atoms with Crippen LogP contribution in [0.1, 0.15) is 6.42 Å². The normalized spacial score (nSPS) is 47.6. The van der Waals surface area contributed by atoms with E-state index in [1.807, 2.05) is 0 Å². The standard InChI is InChI=1S/C5H10NO2/c1-3-4(7)2-5(6)8-3/h3-5,7H,1-2,6H2/t3-,4+,5-/m1/s1. The fraction of sp³-hybridized carbons (Fsp3) is 0.800. The molecule has 0 spiro atoms. The summed E-state index contributed by atoms with van der Waals surface area (Å²) in [6, 6.07) is 0. The summed E-state index contributed by atoms with van der Waals surface area (Å²) in [5, 5.41) is 8.90. The maximum Gasteiger partial charge on any atom is 0.108 e. The van der Waals surface area contributed by atoms with Crippen LogP contribution in [0.3, 0.4) is 0 Å². The van der Waals surface area contributed by atoms with E-state index in [-0.39, 0.29) is 12.3 Å². The minimum absolute atomic E-state index is 0.313. The van der Waals surface area contributed by atoms with E-state index in [1.54, 1.807) is 0 Å². The largest absolute Gasteiger partial charge is 0.390 e. The molecular formula is C5H10NO2. The molecule has 0 aliphatic carbocycles. The summed E-state index contributed by atoms with van der Waals surface area (Å²) in [4.78, 5) is 0. The predicted octanol–water partition coefficient (Wildman–Crippen LogP) is -0.745. The quantitative estimate of drug-likeness (QED) is 0.438. The molecule has 3 heteroatoms. The molecule has 1 saturated heterocycles. The van der Waals surface area contributed by atoms with Crippen LogP contribution in [0.5, 0.6) is 0 Å². The van der Waals surface area contributed by atoms with Crippen molar-refractivity contribution in [1.29, 1.82) is 0 Å². The predicted molar refractivity (Wildman–Crippen MR) is 28.8 cm³/mol. The number of aliphatic hydroxyl groups is 1. The first-order valence-electron chi connectivity index (χ1n) is 2.62. The zero-order valence-corrected chi connectivity index (χ0v) is 4.58. The molecule has 3 N–H and O–H groups in total. The highest BCUT2D eigenvalue weighted by molar-refractivity contribution is 4.80. The van der Waals surface area contributed by atoms with Crippen molar-refractivity contribution in [2.75, 3.05) is 0 Å². The molecule has 0 unspecified atom stereocenters. The summed E-state index contributed by atoms with van der Waals surface area (Å²) in [5.41, 5.74) is 5.29. The molecule has 3 nitrogen and oxygen atoms in total. The lowest BCUT2D eigenvalue weighted by Gasteiger charge is -2.04. The molecule has 47 valence electrons. The van der Waals surface area contributed by atoms with Crippen LogP contribution in [-0.2, 0) is 4.74 Å². The van der Waals surface area contributed by atoms with Gasteiger partial charge in [-0.05, 0) is 6.92 Å². The highest BCUT2D eigenvalue weighted by Crippen LogP contribution is 2.15. The molecule has 1 heterocycles. The lowest BCUT2D eigenvalue weighted by atomic mass is 10.2. The lowest BCUT2D eigenvalue weighted by molar-refractivity contribution is 0.0408. The first kappa shape index (κ1) is 6.01. The van der Waals surface area contributed by atoms with E-state index < -0.39 is 6.10 Å². The van der Waals surface area contributed by atoms with Crippen molar-refractivity contribution in [1.82, 2.24) is 0 Å². The van der Waals surface area contributed by atoms with E-state index in [1.165, 1.54) is 0 Å². The third kappa shape index (κ3) is 0.992. The number of aliphatic hydroxyl groups excluding tert-OH is 1. The van der Waals surface area contributed by atoms with Gasteiger partial charge >= 0.3 is 0 Å². The van der Waals surface area contributed by atoms with Crippen molar-refractivity contribution in [3.63, 3.8) is 0 Å². The Labute approximate surface area is 48.4 Å². The van der Waals surface area contributed by atoms with Gasteiger partial charge in [-0.3, -0.25) is 0 Å². The molecular weight excluding hydrogens is 106 g/mol. The van der Waals surface area contributed by atoms with Crippen LogP contribution in [0.4, 0.5) is 0 Å². The molecule has 1 rings (SSSR count). The molecule has 8 heavy (non-hydrogen) atoms. The Kier molecular flexibility index (Phi) is 1.51. The van der Waals surface area contributed by atoms with Crippen molar-refractivity contribution < 1.29 is 9.84 Å². The van der Waals surface area contributed by atoms with Crippen LogP contribution in [0.25, 0.3) is 0 Å². The molecule has 0 aromatic rings. The second-order valence-electron chi connectivity index (χ2n) is 2.02. The van der Waals surface area contributed by atoms with Crippen molar-refractivity contribution in [2.24, 2.45) is 5.73 Å². The summed E-state index contributed by atoms with van der Waals surface area (Å²) in [6.07, 6.45) is -0.601. The maximum absolute atomic E-state index is 8.90. The molecule has 1 radical (unpaired) electrons. The summed E-state index contributed by atoms with van der Waals surface area (Å²) >= 11 is 0. The van der Waals surface area contributed by atoms with Crippen LogP contribution in [0.15, 0.2) is 0 Å². The third-order valence-electron chi connectivity index (χ3n) is 1.25. The fourth-order valence-electron chi connectivity index (χ4n) is 0.761. The Morgan fingerprint density at radius 3 is 2.50 bits per heavy atom. The minimum Gasteiger partial charge on any atom is -0.390 e. The minimum atomic E-state index is -0.468. The van der Waals surface area contributed by atoms with E-state index in [0.29, 0.717) is 6.42 Å². The van der Waals surface area contributed by atoms with Crippen LogP contribution in [0, 0.1) is 6.92 Å². The molecule has 0 saturated carbocycles. The number of hydrogen-bond acceptors (Lipinski definition) is 3. The molecule has 3 atom stereocenters. The first-order valence-corrected chi connectivity index (χ1v) is 2.62. The Hall–Kier alpha value is -0.120. The summed E-state index contributed by atoms with van der Waals surface area (Å²) in [7, 11) is 0. The van der Waals surface area contributed by atoms with Gasteiger partial charge in [0.15, 0.2) is 0 Å². The van der Waals surface area contributed by atoms with E-state index in [4.69, 9.17) is 15.6 Å².